The van der Waals surface area contributed by atoms with E-state index < -0.39 is 0 Å². The molecule has 2 heteroatoms. The third-order valence-corrected chi connectivity index (χ3v) is 2.35. The molecule has 0 unspecified atom stereocenters. The van der Waals surface area contributed by atoms with E-state index in [1.807, 2.05) is 0 Å². The zero-order chi connectivity index (χ0) is 11.1. The molecule has 0 aliphatic heterocycles. The van der Waals surface area contributed by atoms with Crippen LogP contribution in [-0.4, -0.2) is 0 Å². The third-order valence-electron chi connectivity index (χ3n) is 2.35. The molecule has 0 nitrogen and oxygen atoms in total. The van der Waals surface area contributed by atoms with Crippen LogP contribution in [-0.2, 0) is 13.9 Å². The fourth-order valence-corrected chi connectivity index (χ4v) is 1.49. The monoisotopic (exact) mass is 259 g/mol. The predicted molar refractivity (Wildman–Crippen MR) is 64.8 cm³/mol. The minimum absolute atomic E-state index is 1.12. The normalized spacial score (nSPS) is 9.43. The van der Waals surface area contributed by atoms with Crippen molar-refractivity contribution in [2.45, 2.75) is 71.1 Å². The van der Waals surface area contributed by atoms with Gasteiger partial charge >= 0.3 is 24.5 Å². The Morgan fingerprint density at radius 1 is 0.786 bits per heavy atom. The summed E-state index contributed by atoms with van der Waals surface area (Å²) in [6.45, 7) is 6.12. The summed E-state index contributed by atoms with van der Waals surface area (Å²) < 4.78 is 0. The van der Waals surface area contributed by atoms with E-state index in [0.717, 1.165) is 6.42 Å². The van der Waals surface area contributed by atoms with Gasteiger partial charge in [0.2, 0.25) is 0 Å². The molecule has 0 aromatic heterocycles. The Bertz CT molecular complexity index is 76.4. The summed E-state index contributed by atoms with van der Waals surface area (Å²) >= 11 is 3.46. The first-order chi connectivity index (χ1) is 6.91. The van der Waals surface area contributed by atoms with Crippen LogP contribution in [0.3, 0.4) is 0 Å². The molecule has 0 spiro atoms. The number of rotatable bonds is 9. The Hall–Kier alpha value is 0.714. The van der Waals surface area contributed by atoms with Crippen LogP contribution in [0.1, 0.15) is 71.1 Å². The second-order valence-electron chi connectivity index (χ2n) is 3.68. The number of hydrogen-bond donors (Lipinski definition) is 0. The Balaban J connectivity index is 0. The van der Waals surface area contributed by atoms with Gasteiger partial charge in [-0.05, 0) is 0 Å². The molecule has 0 rings (SSSR count). The van der Waals surface area contributed by atoms with Crippen LogP contribution in [0.25, 0.3) is 0 Å². The van der Waals surface area contributed by atoms with Crippen LogP contribution >= 0.6 is 10.7 Å². The van der Waals surface area contributed by atoms with Crippen molar-refractivity contribution >= 4 is 10.7 Å². The quantitative estimate of drug-likeness (QED) is 0.304. The van der Waals surface area contributed by atoms with E-state index in [9.17, 15) is 0 Å². The van der Waals surface area contributed by atoms with Crippen LogP contribution in [0, 0.1) is 6.92 Å². The van der Waals surface area contributed by atoms with E-state index >= 15 is 0 Å². The van der Waals surface area contributed by atoms with E-state index in [-0.39, 0.29) is 0 Å². The van der Waals surface area contributed by atoms with E-state index in [0.29, 0.717) is 0 Å². The molecule has 0 bridgehead atoms. The average molecular weight is 260 g/mol. The molecule has 0 heterocycles. The molecule has 0 aromatic carbocycles. The molecule has 90 valence electrons. The van der Waals surface area contributed by atoms with Gasteiger partial charge in [0.1, 0.15) is 0 Å². The van der Waals surface area contributed by atoms with Crippen molar-refractivity contribution in [2.75, 3.05) is 0 Å². The maximum absolute atomic E-state index is 3.84. The molecule has 0 aromatic rings. The molecule has 0 atom stereocenters. The molecule has 0 saturated heterocycles. The topological polar surface area (TPSA) is 0 Å². The zero-order valence-corrected chi connectivity index (χ0v) is 11.3. The van der Waals surface area contributed by atoms with Gasteiger partial charge in [0, 0.05) is 0 Å². The third kappa shape index (κ3) is 18.5. The van der Waals surface area contributed by atoms with E-state index in [4.69, 9.17) is 0 Å². The summed E-state index contributed by atoms with van der Waals surface area (Å²) in [5, 5.41) is 0. The van der Waals surface area contributed by atoms with Gasteiger partial charge in [-0.1, -0.05) is 64.7 Å². The van der Waals surface area contributed by atoms with Crippen LogP contribution in [0.15, 0.2) is 0 Å². The summed E-state index contributed by atoms with van der Waals surface area (Å²) in [7, 11) is 3.71. The second kappa shape index (κ2) is 19.3. The Morgan fingerprint density at radius 3 is 1.50 bits per heavy atom. The minimum atomic E-state index is 1.12. The first-order valence-corrected chi connectivity index (χ1v) is 7.30. The van der Waals surface area contributed by atoms with Gasteiger partial charge in [0.25, 0.3) is 0 Å². The summed E-state index contributed by atoms with van der Waals surface area (Å²) in [5.74, 6) is 0. The first-order valence-electron chi connectivity index (χ1n) is 5.84. The van der Waals surface area contributed by atoms with Crippen LogP contribution < -0.4 is 0 Å². The number of unbranched alkanes of at least 4 members (excludes halogenated alkanes) is 9. The van der Waals surface area contributed by atoms with Crippen LogP contribution in [0.2, 0.25) is 0 Å². The van der Waals surface area contributed by atoms with Crippen molar-refractivity contribution in [3.63, 3.8) is 0 Å². The average Bonchev–Trinajstić information content (AvgIpc) is 2.25. The fourth-order valence-electron chi connectivity index (χ4n) is 1.49. The van der Waals surface area contributed by atoms with Gasteiger partial charge in [0.05, 0.1) is 0 Å². The summed E-state index contributed by atoms with van der Waals surface area (Å²) in [6, 6.07) is 0. The van der Waals surface area contributed by atoms with Crippen molar-refractivity contribution in [3.05, 3.63) is 6.92 Å². The van der Waals surface area contributed by atoms with Gasteiger partial charge < -0.3 is 6.92 Å². The van der Waals surface area contributed by atoms with Crippen LogP contribution in [0.4, 0.5) is 0 Å². The molecule has 0 aliphatic rings. The van der Waals surface area contributed by atoms with Gasteiger partial charge in [-0.2, -0.15) is 6.42 Å². The molecule has 0 amide bonds. The Kier molecular flexibility index (Phi) is 23.6. The van der Waals surface area contributed by atoms with Crippen molar-refractivity contribution in [2.24, 2.45) is 0 Å². The van der Waals surface area contributed by atoms with Gasteiger partial charge in [-0.3, -0.25) is 0 Å². The molecule has 0 N–H and O–H groups in total. The number of hydrogen-bond acceptors (Lipinski definition) is 1. The van der Waals surface area contributed by atoms with Gasteiger partial charge in [0.15, 0.2) is 0 Å². The van der Waals surface area contributed by atoms with Crippen molar-refractivity contribution in [1.29, 1.82) is 0 Å². The maximum atomic E-state index is 3.84. The molecular formula is C12H25NiS-. The Labute approximate surface area is 103 Å². The summed E-state index contributed by atoms with van der Waals surface area (Å²) in [4.78, 5) is 0. The zero-order valence-electron chi connectivity index (χ0n) is 9.50. The van der Waals surface area contributed by atoms with Crippen molar-refractivity contribution in [1.82, 2.24) is 0 Å². The summed E-state index contributed by atoms with van der Waals surface area (Å²) in [6.07, 6.45) is 13.9. The molecule has 0 radical (unpaired) electrons. The van der Waals surface area contributed by atoms with Gasteiger partial charge in [-0.25, -0.2) is 0 Å². The summed E-state index contributed by atoms with van der Waals surface area (Å²) in [5.41, 5.74) is 0. The fraction of sp³-hybridized carbons (Fsp3) is 0.917. The van der Waals surface area contributed by atoms with E-state index in [1.165, 1.54) is 57.8 Å². The molecule has 14 heavy (non-hydrogen) atoms. The molecule has 0 fully saturated rings. The Morgan fingerprint density at radius 2 is 1.14 bits per heavy atom. The van der Waals surface area contributed by atoms with Crippen molar-refractivity contribution < 1.29 is 13.9 Å². The van der Waals surface area contributed by atoms with Gasteiger partial charge in [-0.15, -0.1) is 0 Å². The molecule has 0 aliphatic carbocycles. The van der Waals surface area contributed by atoms with E-state index in [2.05, 4.69) is 38.4 Å². The second-order valence-corrected chi connectivity index (χ2v) is 3.68. The standard InChI is InChI=1S/C12H25.Ni.S/c1-3-5-7-9-11-12-10-8-6-4-2;;/h1,3-12H2,2H3;;/q-1;;. The first kappa shape index (κ1) is 17.1. The SMILES string of the molecule is [CH2-]CCCCCCCCCCC.[S]=[Ni]. The molecular weight excluding hydrogens is 235 g/mol. The predicted octanol–water partition coefficient (Wildman–Crippen LogP) is 5.39. The van der Waals surface area contributed by atoms with E-state index in [1.54, 1.807) is 0 Å². The molecule has 0 saturated carbocycles. The van der Waals surface area contributed by atoms with Crippen LogP contribution in [0.5, 0.6) is 0 Å². The van der Waals surface area contributed by atoms with Crippen molar-refractivity contribution in [3.8, 4) is 0 Å².